The van der Waals surface area contributed by atoms with Crippen molar-refractivity contribution in [1.29, 1.82) is 0 Å². The van der Waals surface area contributed by atoms with Crippen LogP contribution in [0.4, 0.5) is 0 Å². The lowest BCUT2D eigenvalue weighted by Crippen LogP contribution is -2.54. The Kier molecular flexibility index (Phi) is 3.29. The first-order valence-electron chi connectivity index (χ1n) is 8.74. The molecule has 1 aromatic heterocycles. The van der Waals surface area contributed by atoms with Gasteiger partial charge in [-0.3, -0.25) is 4.79 Å². The van der Waals surface area contributed by atoms with Crippen LogP contribution in [-0.4, -0.2) is 23.1 Å². The van der Waals surface area contributed by atoms with Crippen LogP contribution in [0.25, 0.3) is 11.0 Å². The number of nitrogens with zero attached hydrogens (tertiary/aromatic N) is 2. The molecule has 0 radical (unpaired) electrons. The predicted molar refractivity (Wildman–Crippen MR) is 93.3 cm³/mol. The molecular weight excluding hydrogens is 358 g/mol. The Labute approximate surface area is 150 Å². The summed E-state index contributed by atoms with van der Waals surface area (Å²) >= 11 is 0.972. The molecule has 6 nitrogen and oxygen atoms in total. The van der Waals surface area contributed by atoms with Crippen LogP contribution in [0.15, 0.2) is 23.1 Å². The summed E-state index contributed by atoms with van der Waals surface area (Å²) in [6.45, 7) is 0. The number of carbonyl (C=O) groups excluding carboxylic acids is 1. The summed E-state index contributed by atoms with van der Waals surface area (Å²) < 4.78 is 36.3. The Bertz CT molecular complexity index is 931. The van der Waals surface area contributed by atoms with Crippen molar-refractivity contribution < 1.29 is 13.2 Å². The van der Waals surface area contributed by atoms with Crippen LogP contribution >= 0.6 is 11.7 Å². The van der Waals surface area contributed by atoms with Crippen molar-refractivity contribution in [2.75, 3.05) is 0 Å². The Balaban J connectivity index is 1.47. The maximum absolute atomic E-state index is 13.0. The quantitative estimate of drug-likeness (QED) is 0.888. The van der Waals surface area contributed by atoms with E-state index in [-0.39, 0.29) is 10.8 Å². The Morgan fingerprint density at radius 2 is 1.72 bits per heavy atom. The van der Waals surface area contributed by atoms with E-state index in [1.54, 1.807) is 12.1 Å². The average molecular weight is 377 g/mol. The van der Waals surface area contributed by atoms with Gasteiger partial charge in [0.15, 0.2) is 0 Å². The molecule has 0 saturated heterocycles. The molecule has 6 rings (SSSR count). The summed E-state index contributed by atoms with van der Waals surface area (Å²) in [5, 5.41) is 0. The summed E-state index contributed by atoms with van der Waals surface area (Å²) in [6.07, 6.45) is 6.14. The molecule has 132 valence electrons. The second-order valence-electron chi connectivity index (χ2n) is 8.02. The number of sulfonamides is 1. The zero-order chi connectivity index (χ0) is 17.2. The zero-order valence-corrected chi connectivity index (χ0v) is 15.3. The van der Waals surface area contributed by atoms with Crippen molar-refractivity contribution in [3.05, 3.63) is 18.2 Å². The second-order valence-corrected chi connectivity index (χ2v) is 10.2. The van der Waals surface area contributed by atoms with E-state index in [0.717, 1.165) is 31.0 Å². The smallest absolute Gasteiger partial charge is 0.266 e. The molecule has 1 amide bonds. The normalized spacial score (nSPS) is 33.7. The van der Waals surface area contributed by atoms with E-state index in [2.05, 4.69) is 13.5 Å². The van der Waals surface area contributed by atoms with E-state index < -0.39 is 15.4 Å². The third-order valence-corrected chi connectivity index (χ3v) is 8.19. The van der Waals surface area contributed by atoms with Crippen LogP contribution in [0.5, 0.6) is 0 Å². The maximum Gasteiger partial charge on any atom is 0.266 e. The van der Waals surface area contributed by atoms with Crippen LogP contribution in [0, 0.1) is 23.2 Å². The van der Waals surface area contributed by atoms with Gasteiger partial charge in [-0.1, -0.05) is 6.07 Å². The number of hydrogen-bond acceptors (Lipinski definition) is 6. The zero-order valence-electron chi connectivity index (χ0n) is 13.6. The molecule has 4 saturated carbocycles. The van der Waals surface area contributed by atoms with E-state index >= 15 is 0 Å². The lowest BCUT2D eigenvalue weighted by Gasteiger charge is -2.55. The molecule has 4 fully saturated rings. The van der Waals surface area contributed by atoms with Crippen molar-refractivity contribution in [3.63, 3.8) is 0 Å². The molecule has 1 aromatic carbocycles. The van der Waals surface area contributed by atoms with Gasteiger partial charge >= 0.3 is 0 Å². The van der Waals surface area contributed by atoms with E-state index in [4.69, 9.17) is 0 Å². The van der Waals surface area contributed by atoms with E-state index in [0.29, 0.717) is 28.8 Å². The highest BCUT2D eigenvalue weighted by molar-refractivity contribution is 7.90. The summed E-state index contributed by atoms with van der Waals surface area (Å²) in [5.41, 5.74) is 0.379. The molecule has 8 heteroatoms. The lowest BCUT2D eigenvalue weighted by atomic mass is 9.49. The molecular formula is C17H19N3O3S2. The number of nitrogens with one attached hydrogen (secondary N) is 1. The number of amides is 1. The van der Waals surface area contributed by atoms with E-state index in [1.165, 1.54) is 25.3 Å². The molecule has 1 heterocycles. The standard InChI is InChI=1S/C17H19N3O3S2/c21-16(17-7-10-4-11(8-17)6-12(5-10)9-17)20-25(22,23)14-3-1-2-13-15(14)19-24-18-13/h1-3,10-12H,4-9H2,(H,20,21). The molecule has 4 bridgehead atoms. The number of carbonyl (C=O) groups is 1. The number of hydrogen-bond donors (Lipinski definition) is 1. The van der Waals surface area contributed by atoms with Crippen LogP contribution in [0.2, 0.25) is 0 Å². The van der Waals surface area contributed by atoms with Gasteiger partial charge in [0.25, 0.3) is 10.0 Å². The monoisotopic (exact) mass is 377 g/mol. The SMILES string of the molecule is O=C(NS(=O)(=O)c1cccc2nsnc12)C12CC3CC(CC(C3)C1)C2. The van der Waals surface area contributed by atoms with Crippen molar-refractivity contribution in [2.24, 2.45) is 23.2 Å². The van der Waals surface area contributed by atoms with Crippen LogP contribution in [0.1, 0.15) is 38.5 Å². The molecule has 0 aliphatic heterocycles. The molecule has 1 N–H and O–H groups in total. The van der Waals surface area contributed by atoms with Crippen LogP contribution in [-0.2, 0) is 14.8 Å². The molecule has 2 aromatic rings. The molecule has 4 aliphatic carbocycles. The van der Waals surface area contributed by atoms with Gasteiger partial charge in [-0.05, 0) is 68.4 Å². The van der Waals surface area contributed by atoms with Gasteiger partial charge < -0.3 is 0 Å². The van der Waals surface area contributed by atoms with Crippen molar-refractivity contribution >= 4 is 38.7 Å². The van der Waals surface area contributed by atoms with Gasteiger partial charge in [-0.15, -0.1) is 0 Å². The van der Waals surface area contributed by atoms with Gasteiger partial charge in [0.05, 0.1) is 17.1 Å². The van der Waals surface area contributed by atoms with Gasteiger partial charge in [0.2, 0.25) is 5.91 Å². The fourth-order valence-corrected chi connectivity index (χ4v) is 7.51. The third-order valence-electron chi connectivity index (χ3n) is 6.29. The highest BCUT2D eigenvalue weighted by atomic mass is 32.2. The number of aromatic nitrogens is 2. The van der Waals surface area contributed by atoms with Crippen molar-refractivity contribution in [1.82, 2.24) is 13.5 Å². The Morgan fingerprint density at radius 1 is 1.08 bits per heavy atom. The van der Waals surface area contributed by atoms with Gasteiger partial charge in [-0.25, -0.2) is 13.1 Å². The Hall–Kier alpha value is -1.54. The van der Waals surface area contributed by atoms with Gasteiger partial charge in [0.1, 0.15) is 15.9 Å². The molecule has 25 heavy (non-hydrogen) atoms. The lowest BCUT2D eigenvalue weighted by molar-refractivity contribution is -0.144. The average Bonchev–Trinajstić information content (AvgIpc) is 3.01. The second kappa shape index (κ2) is 5.23. The largest absolute Gasteiger partial charge is 0.273 e. The first-order chi connectivity index (χ1) is 12.0. The van der Waals surface area contributed by atoms with Crippen LogP contribution < -0.4 is 4.72 Å². The van der Waals surface area contributed by atoms with E-state index in [9.17, 15) is 13.2 Å². The third kappa shape index (κ3) is 2.41. The minimum Gasteiger partial charge on any atom is -0.273 e. The fourth-order valence-electron chi connectivity index (χ4n) is 5.67. The van der Waals surface area contributed by atoms with Gasteiger partial charge in [-0.2, -0.15) is 8.75 Å². The number of benzene rings is 1. The van der Waals surface area contributed by atoms with Gasteiger partial charge in [0, 0.05) is 0 Å². The molecule has 0 spiro atoms. The minimum atomic E-state index is -3.94. The first kappa shape index (κ1) is 15.7. The summed E-state index contributed by atoms with van der Waals surface area (Å²) in [6, 6.07) is 4.84. The summed E-state index contributed by atoms with van der Waals surface area (Å²) in [5.74, 6) is 1.45. The molecule has 0 atom stereocenters. The molecule has 0 unspecified atom stereocenters. The topological polar surface area (TPSA) is 89.0 Å². The van der Waals surface area contributed by atoms with E-state index in [1.807, 2.05) is 0 Å². The maximum atomic E-state index is 13.0. The number of rotatable bonds is 3. The highest BCUT2D eigenvalue weighted by Crippen LogP contribution is 2.60. The summed E-state index contributed by atoms with van der Waals surface area (Å²) in [4.78, 5) is 13.1. The highest BCUT2D eigenvalue weighted by Gasteiger charge is 2.55. The fraction of sp³-hybridized carbons (Fsp3) is 0.588. The summed E-state index contributed by atoms with van der Waals surface area (Å²) in [7, 11) is -3.94. The molecule has 4 aliphatic rings. The first-order valence-corrected chi connectivity index (χ1v) is 11.0. The number of fused-ring (bicyclic) bond motifs is 1. The van der Waals surface area contributed by atoms with Crippen LogP contribution in [0.3, 0.4) is 0 Å². The van der Waals surface area contributed by atoms with Crippen molar-refractivity contribution in [3.8, 4) is 0 Å². The Morgan fingerprint density at radius 3 is 2.36 bits per heavy atom. The van der Waals surface area contributed by atoms with Crippen molar-refractivity contribution in [2.45, 2.75) is 43.4 Å². The predicted octanol–water partition coefficient (Wildman–Crippen LogP) is 2.71. The minimum absolute atomic E-state index is 0.0387.